The predicted octanol–water partition coefficient (Wildman–Crippen LogP) is 0.822. The lowest BCUT2D eigenvalue weighted by Gasteiger charge is -2.46. The van der Waals surface area contributed by atoms with E-state index in [9.17, 15) is 9.90 Å². The van der Waals surface area contributed by atoms with Gasteiger partial charge < -0.3 is 15.6 Å². The number of fused-ring (bicyclic) bond motifs is 1. The Labute approximate surface area is 114 Å². The maximum absolute atomic E-state index is 11.6. The number of carboxylic acid groups (broad SMARTS) is 1. The zero-order chi connectivity index (χ0) is 13.5. The summed E-state index contributed by atoms with van der Waals surface area (Å²) in [4.78, 5) is 13.8. The van der Waals surface area contributed by atoms with Crippen LogP contribution in [0.3, 0.4) is 0 Å². The van der Waals surface area contributed by atoms with Crippen LogP contribution in [0.5, 0.6) is 0 Å². The molecule has 1 heterocycles. The van der Waals surface area contributed by atoms with Gasteiger partial charge >= 0.3 is 5.97 Å². The summed E-state index contributed by atoms with van der Waals surface area (Å²) in [6, 6.07) is 0.378. The first-order valence-corrected chi connectivity index (χ1v) is 7.49. The molecular weight excluding hydrogens is 244 g/mol. The first-order chi connectivity index (χ1) is 9.11. The van der Waals surface area contributed by atoms with E-state index < -0.39 is 11.5 Å². The second-order valence-corrected chi connectivity index (χ2v) is 6.35. The first kappa shape index (κ1) is 13.3. The van der Waals surface area contributed by atoms with Gasteiger partial charge in [-0.3, -0.25) is 9.69 Å². The molecule has 3 atom stereocenters. The molecule has 5 heteroatoms. The lowest BCUT2D eigenvalue weighted by Crippen LogP contribution is -2.63. The topological polar surface area (TPSA) is 75.8 Å². The third-order valence-electron chi connectivity index (χ3n) is 5.02. The largest absolute Gasteiger partial charge is 0.480 e. The number of carboxylic acids is 1. The lowest BCUT2D eigenvalue weighted by molar-refractivity contribution is -0.148. The van der Waals surface area contributed by atoms with E-state index in [1.54, 1.807) is 0 Å². The Kier molecular flexibility index (Phi) is 3.53. The van der Waals surface area contributed by atoms with Gasteiger partial charge in [-0.25, -0.2) is 0 Å². The molecule has 0 amide bonds. The molecule has 1 saturated heterocycles. The van der Waals surface area contributed by atoms with Crippen LogP contribution < -0.4 is 5.73 Å². The van der Waals surface area contributed by atoms with Crippen LogP contribution >= 0.6 is 0 Å². The highest BCUT2D eigenvalue weighted by Crippen LogP contribution is 2.40. The third kappa shape index (κ3) is 2.51. The van der Waals surface area contributed by atoms with Gasteiger partial charge in [0.15, 0.2) is 0 Å². The number of nitrogens with zero attached hydrogens (tertiary/aromatic N) is 1. The molecule has 3 N–H and O–H groups in total. The molecule has 0 aromatic heterocycles. The average Bonchev–Trinajstić information content (AvgIpc) is 3.23. The van der Waals surface area contributed by atoms with Gasteiger partial charge in [0.2, 0.25) is 0 Å². The van der Waals surface area contributed by atoms with E-state index in [1.165, 1.54) is 12.8 Å². The van der Waals surface area contributed by atoms with Crippen LogP contribution in [0.25, 0.3) is 0 Å². The fourth-order valence-corrected chi connectivity index (χ4v) is 3.68. The van der Waals surface area contributed by atoms with E-state index in [-0.39, 0.29) is 5.92 Å². The van der Waals surface area contributed by atoms with Crippen molar-refractivity contribution in [1.29, 1.82) is 0 Å². The minimum Gasteiger partial charge on any atom is -0.480 e. The molecule has 2 aliphatic carbocycles. The summed E-state index contributed by atoms with van der Waals surface area (Å²) in [5.74, 6) is -0.677. The molecule has 0 aromatic carbocycles. The lowest BCUT2D eigenvalue weighted by atomic mass is 9.87. The molecule has 1 aliphatic heterocycles. The van der Waals surface area contributed by atoms with Gasteiger partial charge in [-0.1, -0.05) is 12.8 Å². The maximum atomic E-state index is 11.6. The summed E-state index contributed by atoms with van der Waals surface area (Å²) in [5, 5.41) is 9.49. The standard InChI is InChI=1S/C14H24N2O3/c15-14(13(17)18,10-5-6-10)9-16-7-8-19-12-4-2-1-3-11(12)16/h10-12H,1-9,15H2,(H,17,18). The molecular formula is C14H24N2O3. The second kappa shape index (κ2) is 5.04. The number of aliphatic carboxylic acids is 1. The zero-order valence-electron chi connectivity index (χ0n) is 11.4. The van der Waals surface area contributed by atoms with Crippen LogP contribution in [0.15, 0.2) is 0 Å². The normalized spacial score (nSPS) is 35.4. The third-order valence-corrected chi connectivity index (χ3v) is 5.02. The molecule has 3 aliphatic rings. The van der Waals surface area contributed by atoms with Crippen molar-refractivity contribution in [3.05, 3.63) is 0 Å². The summed E-state index contributed by atoms with van der Waals surface area (Å²) >= 11 is 0. The second-order valence-electron chi connectivity index (χ2n) is 6.35. The average molecular weight is 268 g/mol. The van der Waals surface area contributed by atoms with Crippen LogP contribution in [-0.2, 0) is 9.53 Å². The van der Waals surface area contributed by atoms with Crippen molar-refractivity contribution >= 4 is 5.97 Å². The number of rotatable bonds is 4. The number of carbonyl (C=O) groups is 1. The molecule has 0 aromatic rings. The highest BCUT2D eigenvalue weighted by Gasteiger charge is 2.50. The summed E-state index contributed by atoms with van der Waals surface area (Å²) in [7, 11) is 0. The Morgan fingerprint density at radius 3 is 2.74 bits per heavy atom. The fraction of sp³-hybridized carbons (Fsp3) is 0.929. The Hall–Kier alpha value is -0.650. The minimum atomic E-state index is -1.06. The Bertz CT molecular complexity index is 357. The van der Waals surface area contributed by atoms with Crippen molar-refractivity contribution < 1.29 is 14.6 Å². The van der Waals surface area contributed by atoms with Gasteiger partial charge in [0.05, 0.1) is 12.7 Å². The smallest absolute Gasteiger partial charge is 0.325 e. The quantitative estimate of drug-likeness (QED) is 0.789. The SMILES string of the molecule is NC(CN1CCOC2CCCCC21)(C(=O)O)C1CC1. The van der Waals surface area contributed by atoms with E-state index in [0.717, 1.165) is 32.2 Å². The summed E-state index contributed by atoms with van der Waals surface area (Å²) in [6.45, 7) is 2.01. The van der Waals surface area contributed by atoms with Crippen molar-refractivity contribution in [2.24, 2.45) is 11.7 Å². The van der Waals surface area contributed by atoms with E-state index in [4.69, 9.17) is 10.5 Å². The number of hydrogen-bond acceptors (Lipinski definition) is 4. The molecule has 5 nitrogen and oxygen atoms in total. The fourth-order valence-electron chi connectivity index (χ4n) is 3.68. The molecule has 0 bridgehead atoms. The Balaban J connectivity index is 1.71. The van der Waals surface area contributed by atoms with Crippen molar-refractivity contribution in [2.45, 2.75) is 56.2 Å². The summed E-state index contributed by atoms with van der Waals surface area (Å²) in [6.07, 6.45) is 6.88. The van der Waals surface area contributed by atoms with Crippen LogP contribution in [0, 0.1) is 5.92 Å². The van der Waals surface area contributed by atoms with Crippen LogP contribution in [-0.4, -0.2) is 53.4 Å². The van der Waals surface area contributed by atoms with Gasteiger partial charge in [0.25, 0.3) is 0 Å². The summed E-state index contributed by atoms with van der Waals surface area (Å²) in [5.41, 5.74) is 5.16. The molecule has 3 unspecified atom stereocenters. The number of morpholine rings is 1. The van der Waals surface area contributed by atoms with Crippen LogP contribution in [0.1, 0.15) is 38.5 Å². The highest BCUT2D eigenvalue weighted by molar-refractivity contribution is 5.79. The highest BCUT2D eigenvalue weighted by atomic mass is 16.5. The van der Waals surface area contributed by atoms with Crippen molar-refractivity contribution in [1.82, 2.24) is 4.90 Å². The monoisotopic (exact) mass is 268 g/mol. The molecule has 19 heavy (non-hydrogen) atoms. The zero-order valence-corrected chi connectivity index (χ0v) is 11.4. The van der Waals surface area contributed by atoms with Gasteiger partial charge in [-0.2, -0.15) is 0 Å². The molecule has 3 rings (SSSR count). The van der Waals surface area contributed by atoms with Crippen LogP contribution in [0.2, 0.25) is 0 Å². The number of hydrogen-bond donors (Lipinski definition) is 2. The molecule has 2 saturated carbocycles. The van der Waals surface area contributed by atoms with E-state index in [1.807, 2.05) is 0 Å². The predicted molar refractivity (Wildman–Crippen MR) is 70.8 cm³/mol. The van der Waals surface area contributed by atoms with Crippen molar-refractivity contribution in [2.75, 3.05) is 19.7 Å². The molecule has 0 radical (unpaired) electrons. The van der Waals surface area contributed by atoms with Crippen LogP contribution in [0.4, 0.5) is 0 Å². The number of ether oxygens (including phenoxy) is 1. The van der Waals surface area contributed by atoms with Crippen molar-refractivity contribution in [3.63, 3.8) is 0 Å². The van der Waals surface area contributed by atoms with Gasteiger partial charge in [0, 0.05) is 19.1 Å². The van der Waals surface area contributed by atoms with E-state index >= 15 is 0 Å². The molecule has 108 valence electrons. The van der Waals surface area contributed by atoms with Gasteiger partial charge in [0.1, 0.15) is 5.54 Å². The van der Waals surface area contributed by atoms with Gasteiger partial charge in [-0.05, 0) is 31.6 Å². The van der Waals surface area contributed by atoms with Crippen molar-refractivity contribution in [3.8, 4) is 0 Å². The van der Waals surface area contributed by atoms with E-state index in [0.29, 0.717) is 25.3 Å². The number of nitrogens with two attached hydrogens (primary N) is 1. The molecule has 3 fully saturated rings. The van der Waals surface area contributed by atoms with Gasteiger partial charge in [-0.15, -0.1) is 0 Å². The Morgan fingerprint density at radius 1 is 1.32 bits per heavy atom. The van der Waals surface area contributed by atoms with E-state index in [2.05, 4.69) is 4.90 Å². The Morgan fingerprint density at radius 2 is 2.05 bits per heavy atom. The summed E-state index contributed by atoms with van der Waals surface area (Å²) < 4.78 is 5.83. The minimum absolute atomic E-state index is 0.162. The first-order valence-electron chi connectivity index (χ1n) is 7.49. The molecule has 0 spiro atoms. The maximum Gasteiger partial charge on any atom is 0.325 e.